The summed E-state index contributed by atoms with van der Waals surface area (Å²) in [4.78, 5) is 27.5. The van der Waals surface area contributed by atoms with Gasteiger partial charge in [0.15, 0.2) is 5.65 Å². The van der Waals surface area contributed by atoms with Crippen LogP contribution in [0.15, 0.2) is 27.5 Å². The number of hydrogen-bond acceptors (Lipinski definition) is 7. The van der Waals surface area contributed by atoms with Crippen molar-refractivity contribution in [3.05, 3.63) is 22.9 Å². The van der Waals surface area contributed by atoms with E-state index in [2.05, 4.69) is 30.2 Å². The number of nitrogens with zero attached hydrogens (tertiary/aromatic N) is 6. The SMILES string of the molecule is CN(C)CN=Nc1ncc2c(=O)[nH]cnc2n1. The summed E-state index contributed by atoms with van der Waals surface area (Å²) in [5, 5.41) is 8.05. The minimum Gasteiger partial charge on any atom is -0.312 e. The van der Waals surface area contributed by atoms with Gasteiger partial charge in [-0.25, -0.2) is 9.97 Å². The van der Waals surface area contributed by atoms with Gasteiger partial charge in [0.1, 0.15) is 12.1 Å². The molecule has 0 unspecified atom stereocenters. The molecule has 8 heteroatoms. The van der Waals surface area contributed by atoms with Gasteiger partial charge in [0.25, 0.3) is 11.5 Å². The van der Waals surface area contributed by atoms with Crippen molar-refractivity contribution in [2.75, 3.05) is 20.8 Å². The summed E-state index contributed by atoms with van der Waals surface area (Å²) in [5.41, 5.74) is 0.0364. The van der Waals surface area contributed by atoms with Crippen LogP contribution in [0, 0.1) is 0 Å². The molecule has 0 bridgehead atoms. The van der Waals surface area contributed by atoms with Crippen LogP contribution in [0.5, 0.6) is 0 Å². The zero-order valence-corrected chi connectivity index (χ0v) is 9.45. The molecule has 1 N–H and O–H groups in total. The maximum atomic E-state index is 11.4. The Morgan fingerprint density at radius 3 is 3.00 bits per heavy atom. The molecule has 2 heterocycles. The fourth-order valence-corrected chi connectivity index (χ4v) is 1.12. The number of azo groups is 1. The Morgan fingerprint density at radius 2 is 2.24 bits per heavy atom. The van der Waals surface area contributed by atoms with E-state index in [4.69, 9.17) is 0 Å². The van der Waals surface area contributed by atoms with Gasteiger partial charge in [0, 0.05) is 6.20 Å². The van der Waals surface area contributed by atoms with E-state index in [0.717, 1.165) is 0 Å². The number of H-pyrrole nitrogens is 1. The molecule has 0 aliphatic heterocycles. The highest BCUT2D eigenvalue weighted by Crippen LogP contribution is 2.07. The second-order valence-electron chi connectivity index (χ2n) is 3.60. The van der Waals surface area contributed by atoms with Crippen LogP contribution in [0.4, 0.5) is 5.95 Å². The molecule has 0 aliphatic rings. The summed E-state index contributed by atoms with van der Waals surface area (Å²) in [5.74, 6) is 0.192. The topological polar surface area (TPSA) is 99.5 Å². The molecule has 17 heavy (non-hydrogen) atoms. The van der Waals surface area contributed by atoms with Crippen LogP contribution in [0.3, 0.4) is 0 Å². The van der Waals surface area contributed by atoms with Gasteiger partial charge in [-0.2, -0.15) is 10.1 Å². The summed E-state index contributed by atoms with van der Waals surface area (Å²) in [6, 6.07) is 0. The normalized spacial score (nSPS) is 11.7. The Kier molecular flexibility index (Phi) is 3.15. The third-order valence-corrected chi connectivity index (χ3v) is 1.89. The van der Waals surface area contributed by atoms with Crippen molar-refractivity contribution in [3.8, 4) is 0 Å². The highest BCUT2D eigenvalue weighted by molar-refractivity contribution is 5.72. The average molecular weight is 233 g/mol. The van der Waals surface area contributed by atoms with Gasteiger partial charge >= 0.3 is 0 Å². The van der Waals surface area contributed by atoms with Crippen molar-refractivity contribution < 1.29 is 0 Å². The van der Waals surface area contributed by atoms with Crippen molar-refractivity contribution in [2.24, 2.45) is 10.2 Å². The van der Waals surface area contributed by atoms with E-state index in [9.17, 15) is 4.79 Å². The van der Waals surface area contributed by atoms with Gasteiger partial charge < -0.3 is 4.98 Å². The molecule has 0 atom stereocenters. The predicted molar refractivity (Wildman–Crippen MR) is 61.0 cm³/mol. The van der Waals surface area contributed by atoms with Crippen molar-refractivity contribution >= 4 is 17.0 Å². The maximum Gasteiger partial charge on any atom is 0.270 e. The number of nitrogens with one attached hydrogen (secondary N) is 1. The Morgan fingerprint density at radius 1 is 1.41 bits per heavy atom. The quantitative estimate of drug-likeness (QED) is 0.769. The molecular formula is C9H11N7O. The van der Waals surface area contributed by atoms with Gasteiger partial charge in [-0.05, 0) is 14.1 Å². The lowest BCUT2D eigenvalue weighted by Gasteiger charge is -2.01. The fourth-order valence-electron chi connectivity index (χ4n) is 1.12. The standard InChI is InChI=1S/C9H11N7O/c1-16(2)5-13-15-9-10-3-6-7(14-9)11-4-12-8(6)17/h3-4H,5H2,1-2H3,(H,10,11,12,14,17). The highest BCUT2D eigenvalue weighted by Gasteiger charge is 2.02. The molecule has 0 amide bonds. The van der Waals surface area contributed by atoms with Crippen molar-refractivity contribution in [2.45, 2.75) is 0 Å². The smallest absolute Gasteiger partial charge is 0.270 e. The van der Waals surface area contributed by atoms with E-state index in [1.165, 1.54) is 12.5 Å². The Balaban J connectivity index is 2.32. The number of rotatable bonds is 3. The molecule has 8 nitrogen and oxygen atoms in total. The first-order chi connectivity index (χ1) is 8.16. The molecule has 2 rings (SSSR count). The van der Waals surface area contributed by atoms with Crippen LogP contribution in [-0.4, -0.2) is 45.6 Å². The first kappa shape index (κ1) is 11.3. The van der Waals surface area contributed by atoms with E-state index in [1.54, 1.807) is 0 Å². The van der Waals surface area contributed by atoms with Gasteiger partial charge in [-0.3, -0.25) is 9.69 Å². The summed E-state index contributed by atoms with van der Waals surface area (Å²) in [7, 11) is 3.75. The van der Waals surface area contributed by atoms with Crippen LogP contribution in [0.25, 0.3) is 11.0 Å². The Hall–Kier alpha value is -2.22. The third kappa shape index (κ3) is 2.67. The number of fused-ring (bicyclic) bond motifs is 1. The van der Waals surface area contributed by atoms with Crippen LogP contribution in [0.1, 0.15) is 0 Å². The lowest BCUT2D eigenvalue weighted by atomic mass is 10.4. The van der Waals surface area contributed by atoms with Gasteiger partial charge in [-0.1, -0.05) is 0 Å². The molecule has 0 aromatic carbocycles. The first-order valence-electron chi connectivity index (χ1n) is 4.89. The summed E-state index contributed by atoms with van der Waals surface area (Å²) < 4.78 is 0. The summed E-state index contributed by atoms with van der Waals surface area (Å²) in [6.45, 7) is 0.449. The lowest BCUT2D eigenvalue weighted by Crippen LogP contribution is -2.10. The van der Waals surface area contributed by atoms with Gasteiger partial charge in [0.05, 0.1) is 6.33 Å². The van der Waals surface area contributed by atoms with Crippen LogP contribution in [0.2, 0.25) is 0 Å². The van der Waals surface area contributed by atoms with Crippen LogP contribution < -0.4 is 5.56 Å². The Bertz CT molecular complexity index is 604. The molecule has 2 aromatic rings. The van der Waals surface area contributed by atoms with Crippen molar-refractivity contribution in [3.63, 3.8) is 0 Å². The van der Waals surface area contributed by atoms with E-state index in [0.29, 0.717) is 17.7 Å². The molecular weight excluding hydrogens is 222 g/mol. The monoisotopic (exact) mass is 233 g/mol. The van der Waals surface area contributed by atoms with Crippen LogP contribution >= 0.6 is 0 Å². The predicted octanol–water partition coefficient (Wildman–Crippen LogP) is 0.316. The van der Waals surface area contributed by atoms with E-state index < -0.39 is 0 Å². The van der Waals surface area contributed by atoms with Crippen molar-refractivity contribution in [1.29, 1.82) is 0 Å². The molecule has 0 radical (unpaired) electrons. The van der Waals surface area contributed by atoms with Crippen molar-refractivity contribution in [1.82, 2.24) is 24.8 Å². The van der Waals surface area contributed by atoms with Gasteiger partial charge in [0.2, 0.25) is 0 Å². The molecule has 2 aromatic heterocycles. The van der Waals surface area contributed by atoms with Crippen LogP contribution in [-0.2, 0) is 0 Å². The van der Waals surface area contributed by atoms with E-state index in [1.807, 2.05) is 19.0 Å². The minimum absolute atomic E-state index is 0.192. The molecule has 0 saturated heterocycles. The second-order valence-corrected chi connectivity index (χ2v) is 3.60. The first-order valence-corrected chi connectivity index (χ1v) is 4.89. The van der Waals surface area contributed by atoms with E-state index in [-0.39, 0.29) is 11.5 Å². The summed E-state index contributed by atoms with van der Waals surface area (Å²) >= 11 is 0. The number of hydrogen-bond donors (Lipinski definition) is 1. The van der Waals surface area contributed by atoms with E-state index >= 15 is 0 Å². The third-order valence-electron chi connectivity index (χ3n) is 1.89. The minimum atomic E-state index is -0.271. The summed E-state index contributed by atoms with van der Waals surface area (Å²) in [6.07, 6.45) is 2.68. The molecule has 88 valence electrons. The number of aromatic nitrogens is 4. The molecule has 0 aliphatic carbocycles. The zero-order chi connectivity index (χ0) is 12.3. The second kappa shape index (κ2) is 4.74. The average Bonchev–Trinajstić information content (AvgIpc) is 2.29. The van der Waals surface area contributed by atoms with Gasteiger partial charge in [-0.15, -0.1) is 5.11 Å². The Labute approximate surface area is 96.5 Å². The maximum absolute atomic E-state index is 11.4. The molecule has 0 fully saturated rings. The highest BCUT2D eigenvalue weighted by atomic mass is 16.1. The number of aromatic amines is 1. The lowest BCUT2D eigenvalue weighted by molar-refractivity contribution is 0.415. The fraction of sp³-hybridized carbons (Fsp3) is 0.333. The zero-order valence-electron chi connectivity index (χ0n) is 9.45. The molecule has 0 saturated carbocycles. The molecule has 0 spiro atoms. The largest absolute Gasteiger partial charge is 0.312 e.